The van der Waals surface area contributed by atoms with E-state index in [0.29, 0.717) is 0 Å². The lowest BCUT2D eigenvalue weighted by Gasteiger charge is -2.12. The Morgan fingerprint density at radius 2 is 1.96 bits per heavy atom. The van der Waals surface area contributed by atoms with Gasteiger partial charge in [0.05, 0.1) is 5.52 Å². The Hall–Kier alpha value is -2.09. The van der Waals surface area contributed by atoms with Gasteiger partial charge in [-0.25, -0.2) is 0 Å². The number of aldehydes is 1. The second-order valence-electron chi connectivity index (χ2n) is 7.04. The van der Waals surface area contributed by atoms with Crippen LogP contribution in [0, 0.1) is 12.8 Å². The Morgan fingerprint density at radius 1 is 1.17 bits per heavy atom. The molecule has 0 saturated carbocycles. The number of fused-ring (bicyclic) bond motifs is 3. The molecular weight excluding hydrogens is 294 g/mol. The second-order valence-corrected chi connectivity index (χ2v) is 7.04. The van der Waals surface area contributed by atoms with Crippen molar-refractivity contribution in [2.24, 2.45) is 5.92 Å². The maximum absolute atomic E-state index is 11.5. The fourth-order valence-electron chi connectivity index (χ4n) is 3.61. The number of unbranched alkanes of at least 4 members (excludes halogenated alkanes) is 1. The molecular formula is C22H27NO. The third-order valence-electron chi connectivity index (χ3n) is 5.43. The van der Waals surface area contributed by atoms with Crippen molar-refractivity contribution in [2.75, 3.05) is 0 Å². The number of nitrogens with one attached hydrogen (secondary N) is 1. The van der Waals surface area contributed by atoms with Crippen LogP contribution < -0.4 is 0 Å². The van der Waals surface area contributed by atoms with Gasteiger partial charge in [-0.05, 0) is 48.9 Å². The molecule has 0 amide bonds. The van der Waals surface area contributed by atoms with E-state index < -0.39 is 0 Å². The molecule has 126 valence electrons. The number of carbonyl (C=O) groups excluding carboxylic acids is 1. The number of aromatic amines is 1. The molecule has 1 aromatic heterocycles. The normalized spacial score (nSPS) is 12.8. The summed E-state index contributed by atoms with van der Waals surface area (Å²) < 4.78 is 0. The first-order valence-electron chi connectivity index (χ1n) is 9.13. The molecule has 3 rings (SSSR count). The monoisotopic (exact) mass is 321 g/mol. The lowest BCUT2D eigenvalue weighted by molar-refractivity contribution is 0.112. The first kappa shape index (κ1) is 16.8. The molecule has 2 nitrogen and oxygen atoms in total. The van der Waals surface area contributed by atoms with E-state index in [1.165, 1.54) is 47.5 Å². The van der Waals surface area contributed by atoms with E-state index in [1.54, 1.807) is 0 Å². The van der Waals surface area contributed by atoms with E-state index in [9.17, 15) is 4.79 Å². The predicted molar refractivity (Wildman–Crippen MR) is 103 cm³/mol. The Kier molecular flexibility index (Phi) is 5.03. The van der Waals surface area contributed by atoms with Crippen molar-refractivity contribution in [3.63, 3.8) is 0 Å². The highest BCUT2D eigenvalue weighted by molar-refractivity contribution is 6.10. The first-order chi connectivity index (χ1) is 11.7. The van der Waals surface area contributed by atoms with E-state index in [-0.39, 0.29) is 0 Å². The van der Waals surface area contributed by atoms with Gasteiger partial charge in [0.15, 0.2) is 0 Å². The fraction of sp³-hybridized carbons (Fsp3) is 0.409. The van der Waals surface area contributed by atoms with Gasteiger partial charge in [-0.2, -0.15) is 0 Å². The molecule has 0 fully saturated rings. The minimum atomic E-state index is 0.806. The molecule has 0 spiro atoms. The zero-order valence-electron chi connectivity index (χ0n) is 15.0. The highest BCUT2D eigenvalue weighted by Gasteiger charge is 2.14. The van der Waals surface area contributed by atoms with E-state index in [2.05, 4.69) is 50.0 Å². The van der Waals surface area contributed by atoms with Crippen LogP contribution in [0.25, 0.3) is 21.8 Å². The van der Waals surface area contributed by atoms with Crippen molar-refractivity contribution < 1.29 is 4.79 Å². The number of rotatable bonds is 7. The van der Waals surface area contributed by atoms with Gasteiger partial charge >= 0.3 is 0 Å². The number of aromatic nitrogens is 1. The van der Waals surface area contributed by atoms with Gasteiger partial charge in [-0.3, -0.25) is 4.79 Å². The third-order valence-corrected chi connectivity index (χ3v) is 5.43. The van der Waals surface area contributed by atoms with E-state index in [4.69, 9.17) is 0 Å². The van der Waals surface area contributed by atoms with E-state index in [1.807, 2.05) is 6.07 Å². The summed E-state index contributed by atoms with van der Waals surface area (Å²) in [5.41, 5.74) is 5.63. The average molecular weight is 321 g/mol. The van der Waals surface area contributed by atoms with Crippen LogP contribution >= 0.6 is 0 Å². The molecule has 1 N–H and O–H groups in total. The maximum Gasteiger partial charge on any atom is 0.150 e. The van der Waals surface area contributed by atoms with E-state index >= 15 is 0 Å². The van der Waals surface area contributed by atoms with Gasteiger partial charge in [0.2, 0.25) is 0 Å². The molecule has 2 aromatic carbocycles. The average Bonchev–Trinajstić information content (AvgIpc) is 2.97. The molecule has 2 heteroatoms. The Morgan fingerprint density at radius 3 is 2.71 bits per heavy atom. The maximum atomic E-state index is 11.5. The standard InChI is InChI=1S/C22H27NO/c1-4-15(2)9-5-6-10-18-16(3)17(14-24)13-20-19-11-7-8-12-21(19)23-22(18)20/h7-8,11-15,23H,4-6,9-10H2,1-3H3/t15-/m0/s1. The van der Waals surface area contributed by atoms with Gasteiger partial charge < -0.3 is 4.98 Å². The first-order valence-corrected chi connectivity index (χ1v) is 9.13. The molecule has 0 radical (unpaired) electrons. The van der Waals surface area contributed by atoms with Crippen LogP contribution in [0.4, 0.5) is 0 Å². The van der Waals surface area contributed by atoms with Crippen molar-refractivity contribution in [2.45, 2.75) is 52.9 Å². The van der Waals surface area contributed by atoms with Gasteiger partial charge in [-0.1, -0.05) is 51.3 Å². The summed E-state index contributed by atoms with van der Waals surface area (Å²) in [6.45, 7) is 6.67. The summed E-state index contributed by atoms with van der Waals surface area (Å²) in [5, 5.41) is 2.38. The van der Waals surface area contributed by atoms with Crippen molar-refractivity contribution >= 4 is 28.1 Å². The summed E-state index contributed by atoms with van der Waals surface area (Å²) in [4.78, 5) is 15.1. The number of aryl methyl sites for hydroxylation is 1. The number of H-pyrrole nitrogens is 1. The third kappa shape index (κ3) is 3.10. The Bertz CT molecular complexity index is 859. The number of hydrogen-bond donors (Lipinski definition) is 1. The SMILES string of the molecule is CC[C@H](C)CCCCc1c(C)c(C=O)cc2c1[nH]c1ccccc12. The number of para-hydroxylation sites is 1. The molecule has 3 aromatic rings. The zero-order valence-corrected chi connectivity index (χ0v) is 15.0. The molecule has 1 atom stereocenters. The molecule has 0 aliphatic rings. The molecule has 0 bridgehead atoms. The molecule has 0 aliphatic heterocycles. The predicted octanol–water partition coefficient (Wildman–Crippen LogP) is 6.20. The number of hydrogen-bond acceptors (Lipinski definition) is 1. The smallest absolute Gasteiger partial charge is 0.150 e. The lowest BCUT2D eigenvalue weighted by Crippen LogP contribution is -1.98. The molecule has 0 saturated heterocycles. The van der Waals surface area contributed by atoms with Crippen molar-refractivity contribution in [3.8, 4) is 0 Å². The van der Waals surface area contributed by atoms with Crippen LogP contribution in [0.5, 0.6) is 0 Å². The number of benzene rings is 2. The summed E-state index contributed by atoms with van der Waals surface area (Å²) in [6.07, 6.45) is 7.01. The summed E-state index contributed by atoms with van der Waals surface area (Å²) in [6, 6.07) is 10.4. The van der Waals surface area contributed by atoms with Crippen LogP contribution in [0.2, 0.25) is 0 Å². The largest absolute Gasteiger partial charge is 0.354 e. The number of carbonyl (C=O) groups is 1. The molecule has 24 heavy (non-hydrogen) atoms. The summed E-state index contributed by atoms with van der Waals surface area (Å²) in [7, 11) is 0. The van der Waals surface area contributed by atoms with Gasteiger partial charge in [0.1, 0.15) is 6.29 Å². The van der Waals surface area contributed by atoms with Crippen LogP contribution in [0.1, 0.15) is 61.0 Å². The fourth-order valence-corrected chi connectivity index (χ4v) is 3.61. The summed E-state index contributed by atoms with van der Waals surface area (Å²) >= 11 is 0. The molecule has 0 aliphatic carbocycles. The van der Waals surface area contributed by atoms with Gasteiger partial charge in [0, 0.05) is 21.9 Å². The van der Waals surface area contributed by atoms with Crippen LogP contribution in [-0.2, 0) is 6.42 Å². The van der Waals surface area contributed by atoms with Crippen molar-refractivity contribution in [1.29, 1.82) is 0 Å². The van der Waals surface area contributed by atoms with Gasteiger partial charge in [0.25, 0.3) is 0 Å². The lowest BCUT2D eigenvalue weighted by atomic mass is 9.93. The van der Waals surface area contributed by atoms with Crippen LogP contribution in [0.15, 0.2) is 30.3 Å². The molecule has 1 heterocycles. The minimum absolute atomic E-state index is 0.806. The topological polar surface area (TPSA) is 32.9 Å². The second kappa shape index (κ2) is 7.21. The van der Waals surface area contributed by atoms with Crippen molar-refractivity contribution in [1.82, 2.24) is 4.98 Å². The van der Waals surface area contributed by atoms with Crippen molar-refractivity contribution in [3.05, 3.63) is 47.0 Å². The Balaban J connectivity index is 1.98. The molecule has 0 unspecified atom stereocenters. The minimum Gasteiger partial charge on any atom is -0.354 e. The highest BCUT2D eigenvalue weighted by Crippen LogP contribution is 2.32. The van der Waals surface area contributed by atoms with E-state index in [0.717, 1.165) is 35.3 Å². The zero-order chi connectivity index (χ0) is 17.1. The van der Waals surface area contributed by atoms with Gasteiger partial charge in [-0.15, -0.1) is 0 Å². The summed E-state index contributed by atoms with van der Waals surface area (Å²) in [5.74, 6) is 0.806. The quantitative estimate of drug-likeness (QED) is 0.408. The highest BCUT2D eigenvalue weighted by atomic mass is 16.1. The van der Waals surface area contributed by atoms with Crippen LogP contribution in [0.3, 0.4) is 0 Å². The van der Waals surface area contributed by atoms with Crippen LogP contribution in [-0.4, -0.2) is 11.3 Å². The Labute approximate surface area is 144 Å².